The van der Waals surface area contributed by atoms with E-state index in [1.54, 1.807) is 18.2 Å². The Morgan fingerprint density at radius 2 is 1.84 bits per heavy atom. The predicted octanol–water partition coefficient (Wildman–Crippen LogP) is 0.851. The largest absolute Gasteiger partial charge is 0.479 e. The number of benzene rings is 1. The van der Waals surface area contributed by atoms with Gasteiger partial charge in [-0.15, -0.1) is 0 Å². The molecule has 0 spiro atoms. The van der Waals surface area contributed by atoms with Gasteiger partial charge in [0.25, 0.3) is 0 Å². The van der Waals surface area contributed by atoms with Crippen molar-refractivity contribution < 1.29 is 23.4 Å². The number of sulfone groups is 1. The van der Waals surface area contributed by atoms with E-state index in [1.165, 1.54) is 24.3 Å². The zero-order valence-electron chi connectivity index (χ0n) is 10.0. The van der Waals surface area contributed by atoms with Gasteiger partial charge in [-0.25, -0.2) is 13.2 Å². The van der Waals surface area contributed by atoms with Gasteiger partial charge < -0.3 is 10.2 Å². The van der Waals surface area contributed by atoms with Gasteiger partial charge in [-0.1, -0.05) is 30.4 Å². The number of aliphatic hydroxyl groups excluding tert-OH is 1. The van der Waals surface area contributed by atoms with Gasteiger partial charge in [0, 0.05) is 5.92 Å². The molecule has 2 rings (SSSR count). The fraction of sp³-hybridized carbons (Fsp3) is 0.308. The average Bonchev–Trinajstić information content (AvgIpc) is 2.89. The molecule has 6 heteroatoms. The minimum Gasteiger partial charge on any atom is -0.479 e. The minimum atomic E-state index is -3.52. The fourth-order valence-corrected chi connectivity index (χ4v) is 3.78. The highest BCUT2D eigenvalue weighted by Gasteiger charge is 2.36. The maximum Gasteiger partial charge on any atom is 0.333 e. The zero-order valence-corrected chi connectivity index (χ0v) is 10.8. The highest BCUT2D eigenvalue weighted by molar-refractivity contribution is 7.92. The van der Waals surface area contributed by atoms with Crippen molar-refractivity contribution in [2.75, 3.05) is 0 Å². The van der Waals surface area contributed by atoms with Crippen LogP contribution in [0.1, 0.15) is 6.42 Å². The molecule has 0 aliphatic heterocycles. The second kappa shape index (κ2) is 5.14. The Labute approximate surface area is 111 Å². The Kier molecular flexibility index (Phi) is 3.73. The van der Waals surface area contributed by atoms with Crippen LogP contribution in [0.25, 0.3) is 0 Å². The summed E-state index contributed by atoms with van der Waals surface area (Å²) in [6.45, 7) is 0. The van der Waals surface area contributed by atoms with Crippen LogP contribution >= 0.6 is 0 Å². The maximum absolute atomic E-state index is 12.3. The molecule has 1 aromatic rings. The van der Waals surface area contributed by atoms with Crippen molar-refractivity contribution in [3.8, 4) is 0 Å². The average molecular weight is 282 g/mol. The molecule has 0 aromatic heterocycles. The molecule has 1 aliphatic rings. The molecule has 0 fully saturated rings. The van der Waals surface area contributed by atoms with Crippen LogP contribution in [-0.2, 0) is 14.6 Å². The molecule has 0 saturated carbocycles. The quantitative estimate of drug-likeness (QED) is 0.799. The number of aliphatic carboxylic acids is 1. The van der Waals surface area contributed by atoms with Gasteiger partial charge >= 0.3 is 5.97 Å². The molecule has 0 bridgehead atoms. The molecule has 0 radical (unpaired) electrons. The second-order valence-electron chi connectivity index (χ2n) is 4.46. The molecule has 0 amide bonds. The third-order valence-corrected chi connectivity index (χ3v) is 5.28. The van der Waals surface area contributed by atoms with Gasteiger partial charge in [-0.2, -0.15) is 0 Å². The van der Waals surface area contributed by atoms with E-state index >= 15 is 0 Å². The first-order chi connectivity index (χ1) is 8.93. The van der Waals surface area contributed by atoms with Crippen LogP contribution in [0.3, 0.4) is 0 Å². The summed E-state index contributed by atoms with van der Waals surface area (Å²) < 4.78 is 24.6. The van der Waals surface area contributed by atoms with Gasteiger partial charge in [-0.3, -0.25) is 0 Å². The van der Waals surface area contributed by atoms with E-state index in [-0.39, 0.29) is 11.3 Å². The van der Waals surface area contributed by atoms with Crippen molar-refractivity contribution in [1.29, 1.82) is 0 Å². The zero-order chi connectivity index (χ0) is 14.0. The van der Waals surface area contributed by atoms with Crippen LogP contribution < -0.4 is 0 Å². The molecule has 0 unspecified atom stereocenters. The van der Waals surface area contributed by atoms with Crippen LogP contribution in [0, 0.1) is 5.92 Å². The molecule has 0 heterocycles. The van der Waals surface area contributed by atoms with Gasteiger partial charge in [0.1, 0.15) is 0 Å². The van der Waals surface area contributed by atoms with Crippen molar-refractivity contribution >= 4 is 15.8 Å². The summed E-state index contributed by atoms with van der Waals surface area (Å²) in [5.41, 5.74) is 0. The van der Waals surface area contributed by atoms with Crippen LogP contribution in [0.4, 0.5) is 0 Å². The molecule has 19 heavy (non-hydrogen) atoms. The summed E-state index contributed by atoms with van der Waals surface area (Å²) in [6.07, 6.45) is 1.44. The molecule has 5 nitrogen and oxygen atoms in total. The molecular formula is C13H14O5S. The monoisotopic (exact) mass is 282 g/mol. The van der Waals surface area contributed by atoms with Crippen molar-refractivity contribution in [2.24, 2.45) is 5.92 Å². The highest BCUT2D eigenvalue weighted by Crippen LogP contribution is 2.30. The van der Waals surface area contributed by atoms with E-state index < -0.39 is 33.1 Å². The number of carboxylic acid groups (broad SMARTS) is 1. The van der Waals surface area contributed by atoms with Crippen LogP contribution in [0.15, 0.2) is 47.4 Å². The summed E-state index contributed by atoms with van der Waals surface area (Å²) in [6, 6.07) is 8.00. The molecule has 1 aromatic carbocycles. The van der Waals surface area contributed by atoms with E-state index in [2.05, 4.69) is 0 Å². The van der Waals surface area contributed by atoms with E-state index in [0.717, 1.165) is 0 Å². The van der Waals surface area contributed by atoms with Crippen molar-refractivity contribution in [3.05, 3.63) is 42.5 Å². The summed E-state index contributed by atoms with van der Waals surface area (Å²) >= 11 is 0. The van der Waals surface area contributed by atoms with Crippen molar-refractivity contribution in [1.82, 2.24) is 0 Å². The number of carboxylic acids is 1. The molecule has 0 saturated heterocycles. The number of rotatable bonds is 4. The van der Waals surface area contributed by atoms with Crippen LogP contribution in [0.5, 0.6) is 0 Å². The first-order valence-electron chi connectivity index (χ1n) is 5.81. The topological polar surface area (TPSA) is 91.7 Å². The molecule has 1 aliphatic carbocycles. The van der Waals surface area contributed by atoms with Gasteiger partial charge in [-0.05, 0) is 18.6 Å². The molecule has 102 valence electrons. The number of hydrogen-bond donors (Lipinski definition) is 2. The predicted molar refractivity (Wildman–Crippen MR) is 68.3 cm³/mol. The SMILES string of the molecule is O=C(O)[C@@H](O)[C@@H]1C=C[C@H](S(=O)(=O)c2ccccc2)C1. The Morgan fingerprint density at radius 3 is 2.42 bits per heavy atom. The number of hydrogen-bond acceptors (Lipinski definition) is 4. The highest BCUT2D eigenvalue weighted by atomic mass is 32.2. The summed E-state index contributed by atoms with van der Waals surface area (Å²) in [5.74, 6) is -2.01. The third kappa shape index (κ3) is 2.69. The Bertz CT molecular complexity index is 591. The lowest BCUT2D eigenvalue weighted by Gasteiger charge is -2.15. The van der Waals surface area contributed by atoms with Gasteiger partial charge in [0.15, 0.2) is 15.9 Å². The lowest BCUT2D eigenvalue weighted by molar-refractivity contribution is -0.148. The first kappa shape index (κ1) is 13.8. The normalized spacial score (nSPS) is 24.3. The van der Waals surface area contributed by atoms with Gasteiger partial charge in [0.05, 0.1) is 10.1 Å². The van der Waals surface area contributed by atoms with E-state index in [1.807, 2.05) is 0 Å². The number of carbonyl (C=O) groups is 1. The first-order valence-corrected chi connectivity index (χ1v) is 7.35. The number of aliphatic hydroxyl groups is 1. The standard InChI is InChI=1S/C13H14O5S/c14-12(13(15)16)9-6-7-11(8-9)19(17,18)10-4-2-1-3-5-10/h1-7,9,11-12,14H,8H2,(H,15,16)/t9-,11+,12+/m1/s1. The molecular weight excluding hydrogens is 268 g/mol. The second-order valence-corrected chi connectivity index (χ2v) is 6.63. The Morgan fingerprint density at radius 1 is 1.21 bits per heavy atom. The fourth-order valence-electron chi connectivity index (χ4n) is 2.12. The van der Waals surface area contributed by atoms with Crippen molar-refractivity contribution in [3.63, 3.8) is 0 Å². The molecule has 3 atom stereocenters. The van der Waals surface area contributed by atoms with Gasteiger partial charge in [0.2, 0.25) is 0 Å². The van der Waals surface area contributed by atoms with Crippen molar-refractivity contribution in [2.45, 2.75) is 22.7 Å². The van der Waals surface area contributed by atoms with E-state index in [4.69, 9.17) is 5.11 Å². The molecule has 2 N–H and O–H groups in total. The smallest absolute Gasteiger partial charge is 0.333 e. The van der Waals surface area contributed by atoms with E-state index in [0.29, 0.717) is 0 Å². The van der Waals surface area contributed by atoms with Crippen LogP contribution in [-0.4, -0.2) is 36.0 Å². The minimum absolute atomic E-state index is 0.0880. The Hall–Kier alpha value is -1.66. The van der Waals surface area contributed by atoms with Crippen LogP contribution in [0.2, 0.25) is 0 Å². The summed E-state index contributed by atoms with van der Waals surface area (Å²) in [5, 5.41) is 17.4. The van der Waals surface area contributed by atoms with E-state index in [9.17, 15) is 18.3 Å². The Balaban J connectivity index is 2.18. The summed E-state index contributed by atoms with van der Waals surface area (Å²) in [4.78, 5) is 10.9. The maximum atomic E-state index is 12.3. The lowest BCUT2D eigenvalue weighted by atomic mass is 10.0. The third-order valence-electron chi connectivity index (χ3n) is 3.21. The lowest BCUT2D eigenvalue weighted by Crippen LogP contribution is -2.29. The summed E-state index contributed by atoms with van der Waals surface area (Å²) in [7, 11) is -3.52.